The fourth-order valence-corrected chi connectivity index (χ4v) is 4.46. The molecule has 12 heteroatoms. The van der Waals surface area contributed by atoms with Gasteiger partial charge in [-0.05, 0) is 42.9 Å². The van der Waals surface area contributed by atoms with Crippen LogP contribution in [0.4, 0.5) is 5.69 Å². The molecule has 36 heavy (non-hydrogen) atoms. The van der Waals surface area contributed by atoms with Crippen molar-refractivity contribution < 1.29 is 29.7 Å². The molecule has 1 aliphatic rings. The molecule has 0 saturated carbocycles. The van der Waals surface area contributed by atoms with Crippen LogP contribution in [0.3, 0.4) is 0 Å². The summed E-state index contributed by atoms with van der Waals surface area (Å²) in [5.41, 5.74) is 1.60. The van der Waals surface area contributed by atoms with Crippen LogP contribution < -0.4 is 0 Å². The fourth-order valence-electron chi connectivity index (χ4n) is 4.35. The first-order valence-electron chi connectivity index (χ1n) is 11.9. The van der Waals surface area contributed by atoms with E-state index in [0.29, 0.717) is 57.9 Å². The van der Waals surface area contributed by atoms with E-state index >= 15 is 0 Å². The van der Waals surface area contributed by atoms with Gasteiger partial charge < -0.3 is 20.2 Å². The first-order chi connectivity index (χ1) is 17.2. The van der Waals surface area contributed by atoms with E-state index < -0.39 is 17.9 Å². The van der Waals surface area contributed by atoms with E-state index in [-0.39, 0.29) is 25.7 Å². The Kier molecular flexibility index (Phi) is 12.6. The van der Waals surface area contributed by atoms with Crippen LogP contribution in [0.5, 0.6) is 0 Å². The van der Waals surface area contributed by atoms with Gasteiger partial charge in [0, 0.05) is 51.9 Å². The number of benzene rings is 1. The van der Waals surface area contributed by atoms with E-state index in [1.165, 1.54) is 0 Å². The zero-order valence-electron chi connectivity index (χ0n) is 20.6. The second-order valence-corrected chi connectivity index (χ2v) is 9.01. The maximum Gasteiger partial charge on any atom is 0.317 e. The van der Waals surface area contributed by atoms with Crippen LogP contribution in [-0.4, -0.2) is 136 Å². The van der Waals surface area contributed by atoms with Crippen molar-refractivity contribution in [2.24, 2.45) is 4.99 Å². The summed E-state index contributed by atoms with van der Waals surface area (Å²) in [6.45, 7) is 5.63. The van der Waals surface area contributed by atoms with Crippen LogP contribution in [0.2, 0.25) is 0 Å². The molecular weight excluding hydrogens is 486 g/mol. The number of rotatable bonds is 10. The number of carboxylic acids is 3. The van der Waals surface area contributed by atoms with Crippen molar-refractivity contribution in [2.45, 2.75) is 19.4 Å². The van der Waals surface area contributed by atoms with Crippen LogP contribution in [0.25, 0.3) is 0 Å². The third-order valence-corrected chi connectivity index (χ3v) is 6.33. The highest BCUT2D eigenvalue weighted by Crippen LogP contribution is 2.17. The van der Waals surface area contributed by atoms with Gasteiger partial charge in [0.25, 0.3) is 0 Å². The maximum atomic E-state index is 11.8. The Morgan fingerprint density at radius 1 is 0.861 bits per heavy atom. The monoisotopic (exact) mass is 521 g/mol. The number of aliphatic imine (C=N–C) groups is 1. The summed E-state index contributed by atoms with van der Waals surface area (Å²) in [4.78, 5) is 46.4. The summed E-state index contributed by atoms with van der Waals surface area (Å²) in [6.07, 6.45) is 0.488. The molecule has 0 amide bonds. The lowest BCUT2D eigenvalue weighted by molar-refractivity contribution is -0.141. The van der Waals surface area contributed by atoms with Gasteiger partial charge in [-0.1, -0.05) is 19.1 Å². The second kappa shape index (κ2) is 15.4. The van der Waals surface area contributed by atoms with E-state index in [4.69, 9.17) is 0 Å². The predicted octanol–water partition coefficient (Wildman–Crippen LogP) is 0.827. The van der Waals surface area contributed by atoms with E-state index in [9.17, 15) is 29.7 Å². The molecule has 1 aliphatic heterocycles. The first-order valence-corrected chi connectivity index (χ1v) is 12.3. The summed E-state index contributed by atoms with van der Waals surface area (Å²) in [5.74, 6) is -2.87. The molecule has 0 aliphatic carbocycles. The Hall–Kier alpha value is -2.73. The molecule has 1 atom stereocenters. The van der Waals surface area contributed by atoms with Gasteiger partial charge in [0.2, 0.25) is 0 Å². The van der Waals surface area contributed by atoms with Crippen molar-refractivity contribution in [3.05, 3.63) is 29.8 Å². The number of thiocarbonyl (C=S) groups is 1. The minimum Gasteiger partial charge on any atom is -0.480 e. The van der Waals surface area contributed by atoms with Crippen LogP contribution >= 0.6 is 12.2 Å². The quantitative estimate of drug-likeness (QED) is 0.298. The Balaban J connectivity index is 2.38. The highest BCUT2D eigenvalue weighted by atomic mass is 32.1. The fraction of sp³-hybridized carbons (Fsp3) is 0.583. The Bertz CT molecular complexity index is 924. The third-order valence-electron chi connectivity index (χ3n) is 6.24. The van der Waals surface area contributed by atoms with Crippen molar-refractivity contribution in [1.82, 2.24) is 19.6 Å². The van der Waals surface area contributed by atoms with Gasteiger partial charge >= 0.3 is 17.9 Å². The lowest BCUT2D eigenvalue weighted by atomic mass is 10.0. The minimum atomic E-state index is -0.996. The Morgan fingerprint density at radius 2 is 1.39 bits per heavy atom. The Labute approximate surface area is 216 Å². The molecule has 11 nitrogen and oxygen atoms in total. The van der Waals surface area contributed by atoms with E-state index in [1.807, 2.05) is 33.8 Å². The molecule has 1 saturated heterocycles. The zero-order chi connectivity index (χ0) is 26.5. The number of likely N-dealkylation sites (N-methyl/N-ethyl adjacent to an activating group) is 1. The predicted molar refractivity (Wildman–Crippen MR) is 138 cm³/mol. The van der Waals surface area contributed by atoms with Crippen molar-refractivity contribution in [1.29, 1.82) is 0 Å². The summed E-state index contributed by atoms with van der Waals surface area (Å²) in [5, 5.41) is 30.8. The number of carboxylic acid groups (broad SMARTS) is 3. The molecule has 0 bridgehead atoms. The Morgan fingerprint density at radius 3 is 1.94 bits per heavy atom. The normalized spacial score (nSPS) is 19.5. The van der Waals surface area contributed by atoms with Gasteiger partial charge in [-0.15, -0.1) is 0 Å². The third kappa shape index (κ3) is 10.9. The van der Waals surface area contributed by atoms with E-state index in [1.54, 1.807) is 12.1 Å². The number of hydrogen-bond acceptors (Lipinski definition) is 9. The lowest BCUT2D eigenvalue weighted by Gasteiger charge is -2.37. The molecule has 1 heterocycles. The number of nitrogens with zero attached hydrogens (tertiary/aromatic N) is 5. The second-order valence-electron chi connectivity index (χ2n) is 8.82. The molecule has 1 fully saturated rings. The lowest BCUT2D eigenvalue weighted by Crippen LogP contribution is -2.53. The molecule has 3 N–H and O–H groups in total. The molecule has 2 rings (SSSR count). The average Bonchev–Trinajstić information content (AvgIpc) is 2.80. The molecule has 1 aromatic carbocycles. The standard InChI is InChI=1S/C24H35N5O6S/c1-2-26-7-9-27(15-22(30)31)11-12-29(17-24(34)35)21(14-28(10-8-26)16-23(32)33)13-19-3-5-20(6-4-19)25-18-36/h3-6,21H,2,7-17H2,1H3,(H,30,31)(H,32,33)(H,34,35). The van der Waals surface area contributed by atoms with Crippen molar-refractivity contribution in [3.63, 3.8) is 0 Å². The van der Waals surface area contributed by atoms with Crippen molar-refractivity contribution >= 4 is 41.0 Å². The summed E-state index contributed by atoms with van der Waals surface area (Å²) in [7, 11) is 0. The average molecular weight is 522 g/mol. The smallest absolute Gasteiger partial charge is 0.317 e. The molecule has 198 valence electrons. The van der Waals surface area contributed by atoms with Gasteiger partial charge in [-0.25, -0.2) is 0 Å². The molecular formula is C24H35N5O6S. The largest absolute Gasteiger partial charge is 0.480 e. The number of isothiocyanates is 1. The highest BCUT2D eigenvalue weighted by molar-refractivity contribution is 7.78. The van der Waals surface area contributed by atoms with Gasteiger partial charge in [-0.2, -0.15) is 4.99 Å². The van der Waals surface area contributed by atoms with Gasteiger partial charge in [0.05, 0.1) is 30.5 Å². The summed E-state index contributed by atoms with van der Waals surface area (Å²) < 4.78 is 0. The van der Waals surface area contributed by atoms with Crippen LogP contribution in [0.1, 0.15) is 12.5 Å². The minimum absolute atomic E-state index is 0.129. The summed E-state index contributed by atoms with van der Waals surface area (Å²) >= 11 is 4.65. The summed E-state index contributed by atoms with van der Waals surface area (Å²) in [6, 6.07) is 7.07. The van der Waals surface area contributed by atoms with Crippen molar-refractivity contribution in [2.75, 3.05) is 72.0 Å². The molecule has 0 spiro atoms. The van der Waals surface area contributed by atoms with Crippen molar-refractivity contribution in [3.8, 4) is 0 Å². The molecule has 0 aromatic heterocycles. The van der Waals surface area contributed by atoms with E-state index in [0.717, 1.165) is 12.1 Å². The van der Waals surface area contributed by atoms with Crippen LogP contribution in [-0.2, 0) is 20.8 Å². The first kappa shape index (κ1) is 29.5. The van der Waals surface area contributed by atoms with Crippen LogP contribution in [0, 0.1) is 0 Å². The topological polar surface area (TPSA) is 137 Å². The maximum absolute atomic E-state index is 11.8. The van der Waals surface area contributed by atoms with E-state index in [2.05, 4.69) is 27.3 Å². The molecule has 0 radical (unpaired) electrons. The SMILES string of the molecule is CCN1CCN(CC(=O)O)CCN(CC(=O)O)C(Cc2ccc(N=C=S)cc2)CN(CC(=O)O)CC1. The van der Waals surface area contributed by atoms with Crippen LogP contribution in [0.15, 0.2) is 29.3 Å². The van der Waals surface area contributed by atoms with Gasteiger partial charge in [-0.3, -0.25) is 29.1 Å². The number of aliphatic carboxylic acids is 3. The zero-order valence-corrected chi connectivity index (χ0v) is 21.4. The molecule has 1 unspecified atom stereocenters. The van der Waals surface area contributed by atoms with Gasteiger partial charge in [0.15, 0.2) is 0 Å². The highest BCUT2D eigenvalue weighted by Gasteiger charge is 2.27. The number of hydrogen-bond donors (Lipinski definition) is 3. The van der Waals surface area contributed by atoms with Gasteiger partial charge in [0.1, 0.15) is 0 Å². The number of carbonyl (C=O) groups is 3. The molecule has 1 aromatic rings.